The first-order chi connectivity index (χ1) is 7.59. The molecule has 0 radical (unpaired) electrons. The lowest BCUT2D eigenvalue weighted by Gasteiger charge is -2.41. The first-order valence-corrected chi connectivity index (χ1v) is 6.42. The molecule has 1 heterocycles. The molecule has 1 nitrogen and oxygen atoms in total. The van der Waals surface area contributed by atoms with Crippen LogP contribution in [0.4, 0.5) is 0 Å². The van der Waals surface area contributed by atoms with Crippen LogP contribution in [0.5, 0.6) is 0 Å². The lowest BCUT2D eigenvalue weighted by Crippen LogP contribution is -2.43. The molecule has 2 heteroatoms. The van der Waals surface area contributed by atoms with Crippen molar-refractivity contribution in [2.24, 2.45) is 5.41 Å². The van der Waals surface area contributed by atoms with Gasteiger partial charge in [-0.3, -0.25) is 4.79 Å². The van der Waals surface area contributed by atoms with Crippen LogP contribution in [0.25, 0.3) is 10.1 Å². The maximum absolute atomic E-state index is 11.6. The van der Waals surface area contributed by atoms with Gasteiger partial charge in [-0.15, -0.1) is 11.3 Å². The molecule has 0 amide bonds. The fourth-order valence-corrected chi connectivity index (χ4v) is 3.75. The number of Topliss-reactive ketones (excluding diaryl/α,β-unsaturated/α-hetero) is 1. The SMILES string of the molecule is CC1(C)C(=O)CC1c1cc2ccccc2s1. The number of ketones is 1. The van der Waals surface area contributed by atoms with Gasteiger partial charge in [-0.1, -0.05) is 32.0 Å². The van der Waals surface area contributed by atoms with E-state index in [4.69, 9.17) is 0 Å². The van der Waals surface area contributed by atoms with Crippen LogP contribution in [0.1, 0.15) is 31.1 Å². The highest BCUT2D eigenvalue weighted by Crippen LogP contribution is 2.51. The van der Waals surface area contributed by atoms with E-state index in [9.17, 15) is 4.79 Å². The number of hydrogen-bond donors (Lipinski definition) is 0. The van der Waals surface area contributed by atoms with E-state index < -0.39 is 0 Å². The quantitative estimate of drug-likeness (QED) is 0.724. The van der Waals surface area contributed by atoms with Gasteiger partial charge < -0.3 is 0 Å². The van der Waals surface area contributed by atoms with E-state index in [0.29, 0.717) is 11.7 Å². The van der Waals surface area contributed by atoms with E-state index in [2.05, 4.69) is 44.2 Å². The van der Waals surface area contributed by atoms with Crippen molar-refractivity contribution in [3.05, 3.63) is 35.2 Å². The number of carbonyl (C=O) groups is 1. The first kappa shape index (κ1) is 10.0. The van der Waals surface area contributed by atoms with Crippen molar-refractivity contribution in [2.75, 3.05) is 0 Å². The summed E-state index contributed by atoms with van der Waals surface area (Å²) in [6.07, 6.45) is 0.722. The minimum atomic E-state index is -0.152. The van der Waals surface area contributed by atoms with Gasteiger partial charge in [-0.2, -0.15) is 0 Å². The van der Waals surface area contributed by atoms with Gasteiger partial charge >= 0.3 is 0 Å². The molecule has 1 aliphatic rings. The number of rotatable bonds is 1. The average molecular weight is 230 g/mol. The summed E-state index contributed by atoms with van der Waals surface area (Å²) >= 11 is 1.83. The number of fused-ring (bicyclic) bond motifs is 1. The van der Waals surface area contributed by atoms with Crippen LogP contribution >= 0.6 is 11.3 Å². The minimum Gasteiger partial charge on any atom is -0.299 e. The Labute approximate surface area is 99.1 Å². The van der Waals surface area contributed by atoms with Gasteiger partial charge in [-0.05, 0) is 17.5 Å². The van der Waals surface area contributed by atoms with Crippen molar-refractivity contribution in [2.45, 2.75) is 26.2 Å². The fraction of sp³-hybridized carbons (Fsp3) is 0.357. The van der Waals surface area contributed by atoms with Crippen molar-refractivity contribution in [3.63, 3.8) is 0 Å². The lowest BCUT2D eigenvalue weighted by atomic mass is 9.61. The second kappa shape index (κ2) is 3.17. The molecule has 16 heavy (non-hydrogen) atoms. The van der Waals surface area contributed by atoms with Crippen molar-refractivity contribution in [1.82, 2.24) is 0 Å². The number of hydrogen-bond acceptors (Lipinski definition) is 2. The molecular formula is C14H14OS. The molecule has 3 rings (SSSR count). The molecule has 1 fully saturated rings. The van der Waals surface area contributed by atoms with Crippen LogP contribution in [0.3, 0.4) is 0 Å². The Morgan fingerprint density at radius 2 is 2.06 bits per heavy atom. The fourth-order valence-electron chi connectivity index (χ4n) is 2.40. The molecule has 1 unspecified atom stereocenters. The Morgan fingerprint density at radius 1 is 1.31 bits per heavy atom. The Kier molecular flexibility index (Phi) is 1.99. The molecule has 0 N–H and O–H groups in total. The van der Waals surface area contributed by atoms with Crippen molar-refractivity contribution in [3.8, 4) is 0 Å². The van der Waals surface area contributed by atoms with Gasteiger partial charge in [0.25, 0.3) is 0 Å². The Morgan fingerprint density at radius 3 is 2.69 bits per heavy atom. The summed E-state index contributed by atoms with van der Waals surface area (Å²) in [6, 6.07) is 10.7. The van der Waals surface area contributed by atoms with Crippen LogP contribution in [-0.4, -0.2) is 5.78 Å². The van der Waals surface area contributed by atoms with Crippen molar-refractivity contribution >= 4 is 27.2 Å². The van der Waals surface area contributed by atoms with Gasteiger partial charge in [0.1, 0.15) is 5.78 Å². The predicted molar refractivity (Wildman–Crippen MR) is 68.0 cm³/mol. The summed E-state index contributed by atoms with van der Waals surface area (Å²) in [7, 11) is 0. The summed E-state index contributed by atoms with van der Waals surface area (Å²) in [5.74, 6) is 0.826. The minimum absolute atomic E-state index is 0.152. The zero-order valence-electron chi connectivity index (χ0n) is 9.49. The standard InChI is InChI=1S/C14H14OS/c1-14(2)10(8-13(14)15)12-7-9-5-3-4-6-11(9)16-12/h3-7,10H,8H2,1-2H3. The molecule has 1 saturated carbocycles. The zero-order valence-corrected chi connectivity index (χ0v) is 10.3. The van der Waals surface area contributed by atoms with Crippen LogP contribution in [0.2, 0.25) is 0 Å². The van der Waals surface area contributed by atoms with E-state index in [0.717, 1.165) is 6.42 Å². The van der Waals surface area contributed by atoms with Gasteiger partial charge in [0.05, 0.1) is 0 Å². The zero-order chi connectivity index (χ0) is 11.3. The van der Waals surface area contributed by atoms with Crippen LogP contribution in [0, 0.1) is 5.41 Å². The van der Waals surface area contributed by atoms with Crippen LogP contribution in [0.15, 0.2) is 30.3 Å². The maximum Gasteiger partial charge on any atom is 0.139 e. The number of carbonyl (C=O) groups excluding carboxylic acids is 1. The summed E-state index contributed by atoms with van der Waals surface area (Å²) < 4.78 is 1.33. The highest BCUT2D eigenvalue weighted by atomic mass is 32.1. The van der Waals surface area contributed by atoms with Crippen LogP contribution < -0.4 is 0 Å². The predicted octanol–water partition coefficient (Wildman–Crippen LogP) is 3.98. The highest BCUT2D eigenvalue weighted by molar-refractivity contribution is 7.19. The molecule has 2 aromatic rings. The van der Waals surface area contributed by atoms with E-state index in [1.54, 1.807) is 0 Å². The molecule has 1 aromatic carbocycles. The van der Waals surface area contributed by atoms with Crippen LogP contribution in [-0.2, 0) is 4.79 Å². The first-order valence-electron chi connectivity index (χ1n) is 5.61. The normalized spacial score (nSPS) is 23.4. The van der Waals surface area contributed by atoms with Crippen molar-refractivity contribution < 1.29 is 4.79 Å². The van der Waals surface area contributed by atoms with E-state index in [-0.39, 0.29) is 5.41 Å². The molecule has 1 aliphatic carbocycles. The van der Waals surface area contributed by atoms with Gasteiger partial charge in [0, 0.05) is 27.3 Å². The van der Waals surface area contributed by atoms with Gasteiger partial charge in [0.2, 0.25) is 0 Å². The second-order valence-corrected chi connectivity index (χ2v) is 6.20. The molecule has 0 aliphatic heterocycles. The molecule has 0 spiro atoms. The van der Waals surface area contributed by atoms with Gasteiger partial charge in [0.15, 0.2) is 0 Å². The summed E-state index contributed by atoms with van der Waals surface area (Å²) in [4.78, 5) is 12.9. The molecule has 1 atom stereocenters. The Balaban J connectivity index is 2.05. The monoisotopic (exact) mass is 230 g/mol. The molecule has 0 bridgehead atoms. The third-order valence-electron chi connectivity index (χ3n) is 3.77. The topological polar surface area (TPSA) is 17.1 Å². The number of benzene rings is 1. The molecule has 1 aromatic heterocycles. The third-order valence-corrected chi connectivity index (χ3v) is 5.00. The van der Waals surface area contributed by atoms with E-state index in [1.165, 1.54) is 15.0 Å². The van der Waals surface area contributed by atoms with Gasteiger partial charge in [-0.25, -0.2) is 0 Å². The molecule has 82 valence electrons. The van der Waals surface area contributed by atoms with Crippen molar-refractivity contribution in [1.29, 1.82) is 0 Å². The Bertz CT molecular complexity index is 532. The highest BCUT2D eigenvalue weighted by Gasteiger charge is 2.48. The van der Waals surface area contributed by atoms with E-state index in [1.807, 2.05) is 11.3 Å². The lowest BCUT2D eigenvalue weighted by molar-refractivity contribution is -0.137. The summed E-state index contributed by atoms with van der Waals surface area (Å²) in [5.41, 5.74) is -0.152. The third kappa shape index (κ3) is 1.26. The smallest absolute Gasteiger partial charge is 0.139 e. The average Bonchev–Trinajstić information content (AvgIpc) is 2.68. The Hall–Kier alpha value is -1.15. The number of thiophene rings is 1. The maximum atomic E-state index is 11.6. The van der Waals surface area contributed by atoms with E-state index >= 15 is 0 Å². The second-order valence-electron chi connectivity index (χ2n) is 5.09. The summed E-state index contributed by atoms with van der Waals surface area (Å²) in [5, 5.41) is 1.30. The summed E-state index contributed by atoms with van der Waals surface area (Å²) in [6.45, 7) is 4.13. The molecule has 0 saturated heterocycles. The largest absolute Gasteiger partial charge is 0.299 e. The molecular weight excluding hydrogens is 216 g/mol.